The molecule has 147 heavy (non-hydrogen) atoms. The van der Waals surface area contributed by atoms with E-state index in [1.165, 1.54) is 119 Å². The molecule has 3 saturated carbocycles. The highest BCUT2D eigenvalue weighted by atomic mass is 32.1. The molecular formula is C113H109F6N11O14S3. The number of aromatic nitrogens is 6. The predicted octanol–water partition coefficient (Wildman–Crippen LogP) is 25.6. The van der Waals surface area contributed by atoms with Gasteiger partial charge >= 0.3 is 18.2 Å². The molecule has 9 aromatic heterocycles. The van der Waals surface area contributed by atoms with E-state index in [9.17, 15) is 55.9 Å². The Kier molecular flexibility index (Phi) is 33.7. The molecular weight excluding hydrogens is 1950 g/mol. The number of carbonyl (C=O) groups excluding carboxylic acids is 7. The first-order chi connectivity index (χ1) is 70.3. The van der Waals surface area contributed by atoms with E-state index in [0.717, 1.165) is 101 Å². The number of carbonyl (C=O) groups is 8. The minimum Gasteiger partial charge on any atom is -0.480 e. The molecule has 0 aliphatic heterocycles. The number of fused-ring (bicyclic) bond motifs is 3. The van der Waals surface area contributed by atoms with Gasteiger partial charge < -0.3 is 55.0 Å². The average molecular weight is 2060 g/mol. The molecule has 0 saturated heterocycles. The highest BCUT2D eigenvalue weighted by Crippen LogP contribution is 2.52. The second kappa shape index (κ2) is 46.6. The molecule has 0 atom stereocenters. The highest BCUT2D eigenvalue weighted by molar-refractivity contribution is 7.23. The Bertz CT molecular complexity index is 7320. The number of nitrogens with one attached hydrogen (secondary N) is 2. The number of nitrogens with zero attached hydrogens (tertiary/aromatic N) is 8. The number of rotatable bonds is 36. The number of ketones is 4. The van der Waals surface area contributed by atoms with E-state index in [0.29, 0.717) is 126 Å². The lowest BCUT2D eigenvalue weighted by Gasteiger charge is -2.27. The summed E-state index contributed by atoms with van der Waals surface area (Å²) in [6.07, 6.45) is 14.8. The van der Waals surface area contributed by atoms with Gasteiger partial charge in [-0.15, -0.1) is 34.0 Å². The number of Topliss-reactive ketones (excluding diaryl/α,β-unsaturated/α-hetero) is 4. The van der Waals surface area contributed by atoms with Gasteiger partial charge in [-0.3, -0.25) is 58.7 Å². The van der Waals surface area contributed by atoms with E-state index in [1.807, 2.05) is 110 Å². The smallest absolute Gasteiger partial charge is 0.410 e. The Morgan fingerprint density at radius 1 is 0.388 bits per heavy atom. The van der Waals surface area contributed by atoms with Crippen LogP contribution < -0.4 is 30.6 Å². The van der Waals surface area contributed by atoms with Crippen LogP contribution in [0.5, 0.6) is 34.5 Å². The summed E-state index contributed by atoms with van der Waals surface area (Å²) in [7, 11) is 0. The summed E-state index contributed by atoms with van der Waals surface area (Å²) in [5, 5.41) is 14.7. The van der Waals surface area contributed by atoms with E-state index in [-0.39, 0.29) is 89.9 Å². The monoisotopic (exact) mass is 2050 g/mol. The lowest BCUT2D eigenvalue weighted by molar-refractivity contribution is -0.147. The van der Waals surface area contributed by atoms with Gasteiger partial charge in [-0.25, -0.2) is 35.9 Å². The van der Waals surface area contributed by atoms with Crippen molar-refractivity contribution in [3.63, 3.8) is 0 Å². The molecule has 0 spiro atoms. The summed E-state index contributed by atoms with van der Waals surface area (Å²) < 4.78 is 115. The van der Waals surface area contributed by atoms with E-state index >= 15 is 8.78 Å². The van der Waals surface area contributed by atoms with Crippen molar-refractivity contribution in [1.82, 2.24) is 45.0 Å². The number of hydrogen-bond donors (Lipinski definition) is 4. The minimum absolute atomic E-state index is 0.00808. The van der Waals surface area contributed by atoms with Gasteiger partial charge in [0.1, 0.15) is 51.3 Å². The lowest BCUT2D eigenvalue weighted by Crippen LogP contribution is -2.36. The first kappa shape index (κ1) is 106. The van der Waals surface area contributed by atoms with E-state index in [4.69, 9.17) is 34.5 Å². The van der Waals surface area contributed by atoms with Crippen LogP contribution in [0.25, 0.3) is 62.4 Å². The van der Waals surface area contributed by atoms with Crippen LogP contribution in [0.3, 0.4) is 0 Å². The van der Waals surface area contributed by atoms with Gasteiger partial charge in [0.05, 0.1) is 86.3 Å². The molecule has 3 aliphatic rings. The number of thiophene rings is 3. The largest absolute Gasteiger partial charge is 0.480 e. The summed E-state index contributed by atoms with van der Waals surface area (Å²) in [5.41, 5.74) is 11.4. The van der Waals surface area contributed by atoms with Crippen molar-refractivity contribution in [1.29, 1.82) is 0 Å². The second-order valence-corrected chi connectivity index (χ2v) is 41.4. The van der Waals surface area contributed by atoms with Crippen molar-refractivity contribution in [3.05, 3.63) is 311 Å². The van der Waals surface area contributed by atoms with Crippen LogP contribution in [-0.2, 0) is 83.6 Å². The van der Waals surface area contributed by atoms with Crippen molar-refractivity contribution in [2.45, 2.75) is 177 Å². The first-order valence-electron chi connectivity index (χ1n) is 48.1. The van der Waals surface area contributed by atoms with Crippen LogP contribution in [0.1, 0.15) is 159 Å². The highest BCUT2D eigenvalue weighted by Gasteiger charge is 2.58. The summed E-state index contributed by atoms with van der Waals surface area (Å²) in [4.78, 5) is 133. The van der Waals surface area contributed by atoms with E-state index < -0.39 is 62.6 Å². The van der Waals surface area contributed by atoms with Crippen LogP contribution in [0, 0.1) is 51.1 Å². The lowest BCUT2D eigenvalue weighted by atomic mass is 9.88. The van der Waals surface area contributed by atoms with Crippen LogP contribution in [0.2, 0.25) is 0 Å². The zero-order chi connectivity index (χ0) is 105. The molecule has 0 bridgehead atoms. The number of ether oxygens (including phenoxy) is 5. The third-order valence-electron chi connectivity index (χ3n) is 24.4. The number of carboxylic acids is 1. The van der Waals surface area contributed by atoms with Crippen molar-refractivity contribution >= 4 is 123 Å². The molecule has 15 aromatic rings. The van der Waals surface area contributed by atoms with Crippen LogP contribution >= 0.6 is 34.0 Å². The number of nitrogen functional groups attached to an aromatic ring is 1. The standard InChI is InChI=1S/C40H39F2N3O5S.C35H31F2N3O3S.C27H29FN4O3S.C11H10FNO3/c1-5-18-45(38(48)50-39(2,3)4)24-27-8-12-30(44-23-27)34-22-31-37(51-34)33(14-17-43-31)49-32-13-9-26(19-29(32)42)21-36(47)40(15-16-40)35(46)20-25-6-10-28(41)11-7-25;1-2-14-38-20-24-5-9-27(40-21-24)31-19-28-34(44-31)30(11-15-39-28)43-29-10-6-23(16-26(29)37)18-33(42)35(12-13-35)32(41)17-22-3-7-25(36)8-4-22;1-5-12-32(26(33)35-27(2,3)4)16-17-6-8-20(31-15-17)24-14-21-25(36-24)23(10-11-30-21)34-22-9-7-18(29)13-19(22)28;12-7-1-3-8(4-2-7)13-9(14)11(5-6-11)10(15)16/h6-14,17,19,22-23H,5,15-16,18,20-21,24H2,1-4H3;3-11,15-16,19,21,38H,2,12-14,17-18,20H2,1H3;6-11,13-15H,5,12,16,29H2,1-4H3;1-4H,5-6H2,(H,13,14)(H,15,16). The van der Waals surface area contributed by atoms with Gasteiger partial charge in [0.25, 0.3) is 0 Å². The van der Waals surface area contributed by atoms with Gasteiger partial charge in [-0.1, -0.05) is 75.4 Å². The van der Waals surface area contributed by atoms with Crippen molar-refractivity contribution in [2.24, 2.45) is 16.2 Å². The molecule has 3 amide bonds. The maximum absolute atomic E-state index is 15.4. The third-order valence-corrected chi connectivity index (χ3v) is 27.9. The third kappa shape index (κ3) is 27.4. The Morgan fingerprint density at radius 2 is 0.721 bits per heavy atom. The number of hydrogen-bond acceptors (Lipinski definition) is 24. The average Bonchev–Trinajstić information content (AvgIpc) is 1.57. The zero-order valence-electron chi connectivity index (χ0n) is 82.4. The maximum atomic E-state index is 15.4. The van der Waals surface area contributed by atoms with Gasteiger partial charge in [0.15, 0.2) is 57.8 Å². The molecule has 5 N–H and O–H groups in total. The first-order valence-corrected chi connectivity index (χ1v) is 50.6. The summed E-state index contributed by atoms with van der Waals surface area (Å²) >= 11 is 4.35. The zero-order valence-corrected chi connectivity index (χ0v) is 84.8. The Morgan fingerprint density at radius 3 is 1.04 bits per heavy atom. The Hall–Kier alpha value is -15.0. The fraction of sp³-hybridized carbons (Fsp3) is 0.292. The fourth-order valence-corrected chi connectivity index (χ4v) is 19.2. The quantitative estimate of drug-likeness (QED) is 0.0123. The molecule has 18 rings (SSSR count). The van der Waals surface area contributed by atoms with Gasteiger partial charge in [-0.05, 0) is 266 Å². The van der Waals surface area contributed by atoms with Gasteiger partial charge in [0.2, 0.25) is 5.91 Å². The minimum atomic E-state index is -1.27. The topological polar surface area (TPSA) is 337 Å². The molecule has 760 valence electrons. The number of halogens is 6. The molecule has 6 aromatic carbocycles. The molecule has 25 nitrogen and oxygen atoms in total. The Balaban J connectivity index is 0.000000155. The number of nitrogens with two attached hydrogens (primary N) is 1. The van der Waals surface area contributed by atoms with Gasteiger partial charge in [-0.2, -0.15) is 0 Å². The van der Waals surface area contributed by atoms with E-state index in [2.05, 4.69) is 53.5 Å². The SMILES string of the molecule is CCCN(Cc1ccc(-c2cc3nccc(Oc4ccc(CC(=O)C5(C(=O)Cc6ccc(F)cc6)CC5)cc4F)c3s2)nc1)C(=O)OC(C)(C)C.CCCN(Cc1ccc(-c2cc3nccc(Oc4ccc(N)cc4F)c3s2)nc1)C(=O)OC(C)(C)C.CCCNCc1ccc(-c2cc3nccc(Oc4ccc(CC(=O)C5(C(=O)Cc6ccc(F)cc6)CC5)cc4F)c3s2)nc1.O=C(O)C1(C(=O)Nc2ccc(F)cc2)CC1. The van der Waals surface area contributed by atoms with Crippen LogP contribution in [0.4, 0.5) is 47.3 Å². The number of benzene rings is 6. The normalized spacial score (nSPS) is 13.4. The molecule has 3 aliphatic carbocycles. The van der Waals surface area contributed by atoms with Crippen molar-refractivity contribution in [3.8, 4) is 66.2 Å². The number of aliphatic carboxylic acids is 1. The number of amides is 3. The number of pyridine rings is 6. The molecule has 3 fully saturated rings. The maximum Gasteiger partial charge on any atom is 0.410 e. The van der Waals surface area contributed by atoms with Gasteiger partial charge in [0, 0.05) is 118 Å². The number of carboxylic acid groups (broad SMARTS) is 1. The van der Waals surface area contributed by atoms with E-state index in [1.54, 1.807) is 101 Å². The van der Waals surface area contributed by atoms with Crippen molar-refractivity contribution in [2.75, 3.05) is 30.7 Å². The summed E-state index contributed by atoms with van der Waals surface area (Å²) in [5.74, 6) is -3.91. The van der Waals surface area contributed by atoms with Crippen LogP contribution in [0.15, 0.2) is 237 Å². The Labute approximate surface area is 857 Å². The molecule has 0 unspecified atom stereocenters. The fourth-order valence-electron chi connectivity index (χ4n) is 16.1. The number of anilines is 2. The summed E-state index contributed by atoms with van der Waals surface area (Å²) in [6, 6.07) is 52.3. The van der Waals surface area contributed by atoms with Crippen molar-refractivity contribution < 1.29 is 93.5 Å². The molecule has 9 heterocycles. The summed E-state index contributed by atoms with van der Waals surface area (Å²) in [6.45, 7) is 20.9. The second-order valence-electron chi connectivity index (χ2n) is 38.2. The predicted molar refractivity (Wildman–Crippen MR) is 554 cm³/mol. The molecule has 34 heteroatoms. The molecule has 0 radical (unpaired) electrons. The van der Waals surface area contributed by atoms with Crippen LogP contribution in [-0.4, -0.2) is 123 Å².